The molecule has 0 radical (unpaired) electrons. The van der Waals surface area contributed by atoms with E-state index in [9.17, 15) is 0 Å². The van der Waals surface area contributed by atoms with Crippen LogP contribution in [0.3, 0.4) is 0 Å². The molecule has 128 valence electrons. The van der Waals surface area contributed by atoms with Crippen LogP contribution in [0.15, 0.2) is 36.5 Å². The van der Waals surface area contributed by atoms with Crippen molar-refractivity contribution in [2.45, 2.75) is 0 Å². The van der Waals surface area contributed by atoms with Gasteiger partial charge in [0.25, 0.3) is 0 Å². The first-order valence-electron chi connectivity index (χ1n) is 6.73. The molecule has 0 aliphatic rings. The van der Waals surface area contributed by atoms with E-state index in [0.29, 0.717) is 30.1 Å². The molecule has 0 amide bonds. The van der Waals surface area contributed by atoms with Crippen LogP contribution < -0.4 is 0 Å². The van der Waals surface area contributed by atoms with Crippen LogP contribution in [0.4, 0.5) is 0 Å². The number of pyridine rings is 1. The van der Waals surface area contributed by atoms with E-state index in [4.69, 9.17) is 69.6 Å². The van der Waals surface area contributed by atoms with Gasteiger partial charge in [0.05, 0.1) is 35.8 Å². The van der Waals surface area contributed by atoms with Crippen LogP contribution >= 0.6 is 92.2 Å². The molecular formula is C17H6Cl6IN. The van der Waals surface area contributed by atoms with E-state index in [1.54, 1.807) is 30.5 Å². The number of benzene rings is 2. The Morgan fingerprint density at radius 2 is 1.08 bits per heavy atom. The number of rotatable bonds is 2. The van der Waals surface area contributed by atoms with Gasteiger partial charge in [-0.05, 0) is 58.5 Å². The van der Waals surface area contributed by atoms with Crippen LogP contribution in [0.5, 0.6) is 0 Å². The molecule has 25 heavy (non-hydrogen) atoms. The Labute approximate surface area is 188 Å². The van der Waals surface area contributed by atoms with Gasteiger partial charge in [0.15, 0.2) is 0 Å². The highest BCUT2D eigenvalue weighted by molar-refractivity contribution is 14.1. The van der Waals surface area contributed by atoms with Gasteiger partial charge in [0.2, 0.25) is 0 Å². The van der Waals surface area contributed by atoms with Gasteiger partial charge < -0.3 is 0 Å². The molecule has 0 saturated carbocycles. The summed E-state index contributed by atoms with van der Waals surface area (Å²) in [5.74, 6) is 0. The zero-order valence-corrected chi connectivity index (χ0v) is 18.8. The minimum absolute atomic E-state index is 0.323. The van der Waals surface area contributed by atoms with Crippen molar-refractivity contribution < 1.29 is 0 Å². The largest absolute Gasteiger partial charge is 0.256 e. The molecule has 0 fully saturated rings. The highest BCUT2D eigenvalue weighted by Crippen LogP contribution is 2.38. The first kappa shape index (κ1) is 19.8. The fourth-order valence-electron chi connectivity index (χ4n) is 2.22. The fourth-order valence-corrected chi connectivity index (χ4v) is 4.15. The summed E-state index contributed by atoms with van der Waals surface area (Å²) in [5.41, 5.74) is 3.21. The standard InChI is InChI=1S/C17H6Cl6IN/c18-10-1-7(2-11(19)16(10)22)9-6-25-15(5-14(9)24)8-3-12(20)17(23)13(21)4-8/h1-6H. The highest BCUT2D eigenvalue weighted by Gasteiger charge is 2.13. The van der Waals surface area contributed by atoms with Gasteiger partial charge in [-0.25, -0.2) is 0 Å². The molecule has 8 heteroatoms. The number of hydrogen-bond donors (Lipinski definition) is 0. The molecule has 0 N–H and O–H groups in total. The molecular weight excluding hydrogens is 558 g/mol. The van der Waals surface area contributed by atoms with Crippen LogP contribution in [0.25, 0.3) is 22.4 Å². The summed E-state index contributed by atoms with van der Waals surface area (Å²) in [6, 6.07) is 8.88. The van der Waals surface area contributed by atoms with Crippen LogP contribution in [-0.2, 0) is 0 Å². The lowest BCUT2D eigenvalue weighted by Crippen LogP contribution is -1.91. The molecule has 1 aromatic heterocycles. The Morgan fingerprint density at radius 1 is 0.640 bits per heavy atom. The molecule has 0 aliphatic carbocycles. The van der Waals surface area contributed by atoms with Gasteiger partial charge in [-0.3, -0.25) is 4.98 Å². The molecule has 3 rings (SSSR count). The average Bonchev–Trinajstić information content (AvgIpc) is 2.56. The number of halogens is 7. The van der Waals surface area contributed by atoms with Gasteiger partial charge in [-0.15, -0.1) is 0 Å². The lowest BCUT2D eigenvalue weighted by Gasteiger charge is -2.10. The summed E-state index contributed by atoms with van der Waals surface area (Å²) in [6.07, 6.45) is 1.74. The topological polar surface area (TPSA) is 12.9 Å². The molecule has 3 aromatic rings. The molecule has 0 saturated heterocycles. The molecule has 0 aliphatic heterocycles. The maximum Gasteiger partial charge on any atom is 0.0778 e. The van der Waals surface area contributed by atoms with Crippen molar-refractivity contribution in [1.82, 2.24) is 4.98 Å². The van der Waals surface area contributed by atoms with Crippen molar-refractivity contribution in [2.75, 3.05) is 0 Å². The SMILES string of the molecule is Clc1cc(-c2cc(I)c(-c3cc(Cl)c(Cl)c(Cl)c3)cn2)cc(Cl)c1Cl. The molecule has 0 spiro atoms. The Morgan fingerprint density at radius 3 is 1.52 bits per heavy atom. The molecule has 0 unspecified atom stereocenters. The van der Waals surface area contributed by atoms with Gasteiger partial charge in [0, 0.05) is 20.9 Å². The predicted molar refractivity (Wildman–Crippen MR) is 118 cm³/mol. The van der Waals surface area contributed by atoms with Crippen LogP contribution in [0, 0.1) is 3.57 Å². The summed E-state index contributed by atoms with van der Waals surface area (Å²) in [7, 11) is 0. The second-order valence-corrected chi connectivity index (χ2v) is 8.60. The maximum atomic E-state index is 6.12. The van der Waals surface area contributed by atoms with Crippen molar-refractivity contribution in [2.24, 2.45) is 0 Å². The predicted octanol–water partition coefficient (Wildman–Crippen LogP) is 8.94. The average molecular weight is 564 g/mol. The lowest BCUT2D eigenvalue weighted by atomic mass is 10.1. The summed E-state index contributed by atoms with van der Waals surface area (Å²) in [4.78, 5) is 4.50. The highest BCUT2D eigenvalue weighted by atomic mass is 127. The van der Waals surface area contributed by atoms with Crippen LogP contribution in [0.1, 0.15) is 0 Å². The second-order valence-electron chi connectivity index (χ2n) is 5.06. The van der Waals surface area contributed by atoms with Crippen molar-refractivity contribution in [3.05, 3.63) is 70.2 Å². The van der Waals surface area contributed by atoms with E-state index in [0.717, 1.165) is 26.0 Å². The van der Waals surface area contributed by atoms with Crippen LogP contribution in [-0.4, -0.2) is 4.98 Å². The summed E-state index contributed by atoms with van der Waals surface area (Å²) in [5, 5.41) is 2.18. The summed E-state index contributed by atoms with van der Waals surface area (Å²) < 4.78 is 0.958. The smallest absolute Gasteiger partial charge is 0.0778 e. The Hall–Kier alpha value is 0.0600. The first-order chi connectivity index (χ1) is 11.8. The third-order valence-corrected chi connectivity index (χ3v) is 6.71. The first-order valence-corrected chi connectivity index (χ1v) is 10.1. The lowest BCUT2D eigenvalue weighted by molar-refractivity contribution is 1.31. The van der Waals surface area contributed by atoms with E-state index >= 15 is 0 Å². The normalized spacial score (nSPS) is 11.0. The number of aromatic nitrogens is 1. The zero-order valence-electron chi connectivity index (χ0n) is 12.1. The molecule has 2 aromatic carbocycles. The van der Waals surface area contributed by atoms with E-state index in [1.807, 2.05) is 6.07 Å². The second kappa shape index (κ2) is 7.97. The zero-order chi connectivity index (χ0) is 18.3. The van der Waals surface area contributed by atoms with Crippen molar-refractivity contribution >= 4 is 92.2 Å². The third kappa shape index (κ3) is 4.16. The quantitative estimate of drug-likeness (QED) is 0.224. The van der Waals surface area contributed by atoms with Gasteiger partial charge >= 0.3 is 0 Å². The van der Waals surface area contributed by atoms with E-state index in [2.05, 4.69) is 27.6 Å². The Kier molecular flexibility index (Phi) is 6.32. The van der Waals surface area contributed by atoms with Crippen molar-refractivity contribution in [3.8, 4) is 22.4 Å². The number of hydrogen-bond acceptors (Lipinski definition) is 1. The summed E-state index contributed by atoms with van der Waals surface area (Å²) in [6.45, 7) is 0. The monoisotopic (exact) mass is 561 g/mol. The minimum Gasteiger partial charge on any atom is -0.256 e. The van der Waals surface area contributed by atoms with Crippen molar-refractivity contribution in [3.63, 3.8) is 0 Å². The molecule has 1 heterocycles. The van der Waals surface area contributed by atoms with Gasteiger partial charge in [-0.1, -0.05) is 69.6 Å². The summed E-state index contributed by atoms with van der Waals surface area (Å²) >= 11 is 38.7. The number of nitrogens with zero attached hydrogens (tertiary/aromatic N) is 1. The molecule has 0 atom stereocenters. The Balaban J connectivity index is 2.08. The Bertz CT molecular complexity index is 943. The van der Waals surface area contributed by atoms with E-state index in [-0.39, 0.29) is 0 Å². The van der Waals surface area contributed by atoms with E-state index in [1.165, 1.54) is 0 Å². The third-order valence-electron chi connectivity index (χ3n) is 3.43. The maximum absolute atomic E-state index is 6.12. The molecule has 1 nitrogen and oxygen atoms in total. The van der Waals surface area contributed by atoms with Crippen molar-refractivity contribution in [1.29, 1.82) is 0 Å². The van der Waals surface area contributed by atoms with Crippen LogP contribution in [0.2, 0.25) is 30.1 Å². The van der Waals surface area contributed by atoms with E-state index < -0.39 is 0 Å². The van der Waals surface area contributed by atoms with Gasteiger partial charge in [-0.2, -0.15) is 0 Å². The minimum atomic E-state index is 0.323. The van der Waals surface area contributed by atoms with Gasteiger partial charge in [0.1, 0.15) is 0 Å². The molecule has 0 bridgehead atoms. The fraction of sp³-hybridized carbons (Fsp3) is 0.